The van der Waals surface area contributed by atoms with Gasteiger partial charge in [0.2, 0.25) is 0 Å². The van der Waals surface area contributed by atoms with Crippen LogP contribution in [0.15, 0.2) is 12.4 Å². The monoisotopic (exact) mass is 157 g/mol. The van der Waals surface area contributed by atoms with E-state index in [0.717, 1.165) is 5.75 Å². The number of nitrogens with zero attached hydrogens (tertiary/aromatic N) is 2. The van der Waals surface area contributed by atoms with Crippen LogP contribution in [-0.2, 0) is 11.4 Å². The smallest absolute Gasteiger partial charge is 0.156 e. The largest absolute Gasteiger partial charge is 0.493 e. The Morgan fingerprint density at radius 1 is 1.73 bits per heavy atom. The summed E-state index contributed by atoms with van der Waals surface area (Å²) in [4.78, 5) is 4.39. The van der Waals surface area contributed by atoms with E-state index in [0.29, 0.717) is 13.2 Å². The van der Waals surface area contributed by atoms with Gasteiger partial charge in [0.25, 0.3) is 0 Å². The molecule has 2 N–H and O–H groups in total. The van der Waals surface area contributed by atoms with Crippen LogP contribution in [0.2, 0.25) is 0 Å². The number of hydrogen-bond acceptors (Lipinski definition) is 4. The van der Waals surface area contributed by atoms with Crippen LogP contribution in [0.3, 0.4) is 0 Å². The minimum absolute atomic E-state index is 0.449. The highest BCUT2D eigenvalue weighted by Crippen LogP contribution is 2.05. The predicted octanol–water partition coefficient (Wildman–Crippen LogP) is -0.218. The molecule has 0 fully saturated rings. The first-order valence-electron chi connectivity index (χ1n) is 3.25. The average Bonchev–Trinajstić information content (AvgIpc) is 2.48. The maximum Gasteiger partial charge on any atom is 0.156 e. The lowest BCUT2D eigenvalue weighted by Crippen LogP contribution is -2.09. The molecule has 0 saturated heterocycles. The number of hydrogen-bond donors (Lipinski definition) is 1. The van der Waals surface area contributed by atoms with E-state index in [1.165, 1.54) is 0 Å². The summed E-state index contributed by atoms with van der Waals surface area (Å²) >= 11 is 0. The summed E-state index contributed by atoms with van der Waals surface area (Å²) in [6.45, 7) is 1.09. The maximum atomic E-state index is 4.92. The van der Waals surface area contributed by atoms with Crippen molar-refractivity contribution in [2.45, 2.75) is 6.54 Å². The summed E-state index contributed by atoms with van der Waals surface area (Å²) in [5.41, 5.74) is 0. The Balaban J connectivity index is 2.44. The van der Waals surface area contributed by atoms with Crippen LogP contribution in [0.4, 0.5) is 0 Å². The Kier molecular flexibility index (Phi) is 2.88. The van der Waals surface area contributed by atoms with Crippen molar-refractivity contribution in [1.82, 2.24) is 9.78 Å². The molecule has 0 atom stereocenters. The van der Waals surface area contributed by atoms with Gasteiger partial charge in [0.1, 0.15) is 0 Å². The molecule has 0 bridgehead atoms. The Morgan fingerprint density at radius 3 is 3.09 bits per heavy atom. The third-order valence-electron chi connectivity index (χ3n) is 1.28. The third kappa shape index (κ3) is 2.21. The molecule has 1 heterocycles. The van der Waals surface area contributed by atoms with E-state index in [2.05, 4.69) is 9.94 Å². The summed E-state index contributed by atoms with van der Waals surface area (Å²) in [5.74, 6) is 5.58. The molecule has 1 aromatic heterocycles. The Bertz CT molecular complexity index is 211. The molecule has 0 amide bonds. The van der Waals surface area contributed by atoms with Crippen molar-refractivity contribution in [3.63, 3.8) is 0 Å². The van der Waals surface area contributed by atoms with Crippen LogP contribution in [0.1, 0.15) is 0 Å². The van der Waals surface area contributed by atoms with Gasteiger partial charge in [-0.15, -0.1) is 0 Å². The first-order chi connectivity index (χ1) is 5.36. The highest BCUT2D eigenvalue weighted by atomic mass is 16.6. The van der Waals surface area contributed by atoms with Crippen molar-refractivity contribution in [3.05, 3.63) is 12.4 Å². The molecule has 5 heteroatoms. The molecular weight excluding hydrogens is 146 g/mol. The minimum atomic E-state index is 0.449. The number of methoxy groups -OCH3 is 1. The fraction of sp³-hybridized carbons (Fsp3) is 0.500. The number of ether oxygens (including phenoxy) is 1. The second-order valence-corrected chi connectivity index (χ2v) is 2.01. The van der Waals surface area contributed by atoms with Crippen LogP contribution >= 0.6 is 0 Å². The standard InChI is InChI=1S/C6H11N3O2/c1-10-6-4-8-9(5-6)2-3-11-7/h4-5H,2-3,7H2,1H3. The zero-order chi connectivity index (χ0) is 8.10. The molecule has 0 saturated carbocycles. The van der Waals surface area contributed by atoms with Crippen LogP contribution in [-0.4, -0.2) is 23.5 Å². The van der Waals surface area contributed by atoms with E-state index in [1.807, 2.05) is 0 Å². The van der Waals surface area contributed by atoms with Crippen LogP contribution < -0.4 is 10.6 Å². The van der Waals surface area contributed by atoms with Gasteiger partial charge in [-0.05, 0) is 0 Å². The summed E-state index contributed by atoms with van der Waals surface area (Å²) < 4.78 is 6.62. The van der Waals surface area contributed by atoms with Gasteiger partial charge in [0, 0.05) is 0 Å². The van der Waals surface area contributed by atoms with E-state index >= 15 is 0 Å². The van der Waals surface area contributed by atoms with Crippen molar-refractivity contribution in [1.29, 1.82) is 0 Å². The molecule has 0 aliphatic rings. The topological polar surface area (TPSA) is 62.3 Å². The van der Waals surface area contributed by atoms with Gasteiger partial charge in [-0.3, -0.25) is 4.68 Å². The first-order valence-corrected chi connectivity index (χ1v) is 3.25. The van der Waals surface area contributed by atoms with E-state index in [9.17, 15) is 0 Å². The van der Waals surface area contributed by atoms with Gasteiger partial charge in [0.15, 0.2) is 5.75 Å². The molecule has 1 aromatic rings. The summed E-state index contributed by atoms with van der Waals surface area (Å²) in [6.07, 6.45) is 3.41. The maximum absolute atomic E-state index is 4.92. The zero-order valence-electron chi connectivity index (χ0n) is 6.36. The van der Waals surface area contributed by atoms with Gasteiger partial charge in [-0.2, -0.15) is 5.10 Å². The van der Waals surface area contributed by atoms with E-state index in [4.69, 9.17) is 10.6 Å². The highest BCUT2D eigenvalue weighted by Gasteiger charge is 1.95. The molecule has 0 spiro atoms. The van der Waals surface area contributed by atoms with Crippen molar-refractivity contribution in [2.75, 3.05) is 13.7 Å². The van der Waals surface area contributed by atoms with Gasteiger partial charge in [0.05, 0.1) is 32.7 Å². The van der Waals surface area contributed by atoms with Crippen LogP contribution in [0.25, 0.3) is 0 Å². The fourth-order valence-electron chi connectivity index (χ4n) is 0.719. The van der Waals surface area contributed by atoms with Crippen LogP contribution in [0.5, 0.6) is 5.75 Å². The normalized spacial score (nSPS) is 10.0. The predicted molar refractivity (Wildman–Crippen MR) is 38.9 cm³/mol. The lowest BCUT2D eigenvalue weighted by atomic mass is 10.6. The van der Waals surface area contributed by atoms with E-state index in [-0.39, 0.29) is 0 Å². The van der Waals surface area contributed by atoms with Crippen molar-refractivity contribution < 1.29 is 9.57 Å². The molecule has 0 radical (unpaired) electrons. The van der Waals surface area contributed by atoms with Crippen molar-refractivity contribution >= 4 is 0 Å². The first kappa shape index (κ1) is 8.03. The Morgan fingerprint density at radius 2 is 2.55 bits per heavy atom. The van der Waals surface area contributed by atoms with E-state index < -0.39 is 0 Å². The summed E-state index contributed by atoms with van der Waals surface area (Å²) in [5, 5.41) is 3.98. The highest BCUT2D eigenvalue weighted by molar-refractivity contribution is 5.10. The minimum Gasteiger partial charge on any atom is -0.493 e. The summed E-state index contributed by atoms with van der Waals surface area (Å²) in [7, 11) is 1.60. The number of aromatic nitrogens is 2. The Hall–Kier alpha value is -1.07. The number of rotatable bonds is 4. The molecule has 5 nitrogen and oxygen atoms in total. The van der Waals surface area contributed by atoms with Crippen molar-refractivity contribution in [2.24, 2.45) is 5.90 Å². The lowest BCUT2D eigenvalue weighted by molar-refractivity contribution is 0.127. The van der Waals surface area contributed by atoms with Crippen LogP contribution in [0, 0.1) is 0 Å². The summed E-state index contributed by atoms with van der Waals surface area (Å²) in [6, 6.07) is 0. The lowest BCUT2D eigenvalue weighted by Gasteiger charge is -1.97. The number of nitrogens with two attached hydrogens (primary N) is 1. The quantitative estimate of drug-likeness (QED) is 0.614. The molecular formula is C6H11N3O2. The fourth-order valence-corrected chi connectivity index (χ4v) is 0.719. The van der Waals surface area contributed by atoms with E-state index in [1.54, 1.807) is 24.2 Å². The third-order valence-corrected chi connectivity index (χ3v) is 1.28. The van der Waals surface area contributed by atoms with Gasteiger partial charge >= 0.3 is 0 Å². The van der Waals surface area contributed by atoms with Gasteiger partial charge in [-0.25, -0.2) is 5.90 Å². The SMILES string of the molecule is COc1cnn(CCON)c1. The van der Waals surface area contributed by atoms with Gasteiger partial charge < -0.3 is 9.57 Å². The molecule has 0 aliphatic carbocycles. The zero-order valence-corrected chi connectivity index (χ0v) is 6.36. The molecule has 11 heavy (non-hydrogen) atoms. The molecule has 0 aromatic carbocycles. The van der Waals surface area contributed by atoms with Gasteiger partial charge in [-0.1, -0.05) is 0 Å². The molecule has 62 valence electrons. The van der Waals surface area contributed by atoms with Crippen molar-refractivity contribution in [3.8, 4) is 5.75 Å². The molecule has 1 rings (SSSR count). The average molecular weight is 157 g/mol. The second-order valence-electron chi connectivity index (χ2n) is 2.01. The molecule has 0 unspecified atom stereocenters. The molecule has 0 aliphatic heterocycles. The second kappa shape index (κ2) is 3.95. The Labute approximate surface area is 64.7 Å².